The smallest absolute Gasteiger partial charge is 0.324 e. The number of ether oxygens (including phenoxy) is 1. The van der Waals surface area contributed by atoms with E-state index < -0.39 is 4.92 Å². The maximum atomic E-state index is 10.5. The number of benzene rings is 1. The molecule has 0 saturated heterocycles. The van der Waals surface area contributed by atoms with Gasteiger partial charge in [-0.1, -0.05) is 29.0 Å². The van der Waals surface area contributed by atoms with Gasteiger partial charge in [0.15, 0.2) is 0 Å². The maximum absolute atomic E-state index is 10.5. The van der Waals surface area contributed by atoms with Crippen molar-refractivity contribution in [2.45, 2.75) is 6.92 Å². The van der Waals surface area contributed by atoms with Gasteiger partial charge < -0.3 is 4.74 Å². The predicted octanol–water partition coefficient (Wildman–Crippen LogP) is 4.01. The number of nitro groups is 1. The van der Waals surface area contributed by atoms with E-state index in [-0.39, 0.29) is 5.00 Å². The van der Waals surface area contributed by atoms with Crippen molar-refractivity contribution in [1.29, 1.82) is 0 Å². The van der Waals surface area contributed by atoms with Crippen molar-refractivity contribution in [3.05, 3.63) is 63.2 Å². The van der Waals surface area contributed by atoms with Gasteiger partial charge in [-0.15, -0.1) is 0 Å². The average Bonchev–Trinajstić information content (AvgIpc) is 2.81. The van der Waals surface area contributed by atoms with E-state index in [0.717, 1.165) is 22.0 Å². The molecule has 2 aromatic rings. The van der Waals surface area contributed by atoms with E-state index in [1.807, 2.05) is 31.2 Å². The molecule has 0 unspecified atom stereocenters. The molecule has 92 valence electrons. The van der Waals surface area contributed by atoms with Crippen LogP contribution in [-0.4, -0.2) is 4.92 Å². The summed E-state index contributed by atoms with van der Waals surface area (Å²) in [5, 5.41) is 10.6. The average molecular weight is 261 g/mol. The molecule has 1 heterocycles. The molecule has 0 N–H and O–H groups in total. The van der Waals surface area contributed by atoms with Gasteiger partial charge >= 0.3 is 5.00 Å². The molecule has 0 aliphatic heterocycles. The number of hydrogen-bond acceptors (Lipinski definition) is 4. The SMILES string of the molecule is Cc1ccc(OC=Cc2ccc([N+](=O)[O-])s2)cc1. The summed E-state index contributed by atoms with van der Waals surface area (Å²) in [4.78, 5) is 10.9. The lowest BCUT2D eigenvalue weighted by Gasteiger charge is -1.99. The minimum absolute atomic E-state index is 0.130. The Morgan fingerprint density at radius 1 is 1.22 bits per heavy atom. The quantitative estimate of drug-likeness (QED) is 0.474. The van der Waals surface area contributed by atoms with E-state index >= 15 is 0 Å². The molecule has 2 rings (SSSR count). The first-order valence-corrected chi connectivity index (χ1v) is 6.11. The van der Waals surface area contributed by atoms with Crippen LogP contribution in [0.4, 0.5) is 5.00 Å². The Labute approximate surface area is 108 Å². The topological polar surface area (TPSA) is 52.4 Å². The molecule has 0 aliphatic carbocycles. The van der Waals surface area contributed by atoms with Crippen molar-refractivity contribution in [2.24, 2.45) is 0 Å². The van der Waals surface area contributed by atoms with E-state index in [2.05, 4.69) is 0 Å². The van der Waals surface area contributed by atoms with Gasteiger partial charge in [-0.3, -0.25) is 10.1 Å². The van der Waals surface area contributed by atoms with Crippen molar-refractivity contribution in [3.63, 3.8) is 0 Å². The highest BCUT2D eigenvalue weighted by molar-refractivity contribution is 7.16. The number of aryl methyl sites for hydroxylation is 1. The van der Waals surface area contributed by atoms with Crippen molar-refractivity contribution in [1.82, 2.24) is 0 Å². The third kappa shape index (κ3) is 3.18. The fraction of sp³-hybridized carbons (Fsp3) is 0.0769. The van der Waals surface area contributed by atoms with Gasteiger partial charge in [-0.05, 0) is 31.2 Å². The number of hydrogen-bond donors (Lipinski definition) is 0. The molecule has 0 fully saturated rings. The largest absolute Gasteiger partial charge is 0.465 e. The highest BCUT2D eigenvalue weighted by atomic mass is 32.1. The Hall–Kier alpha value is -2.14. The highest BCUT2D eigenvalue weighted by Crippen LogP contribution is 2.25. The Bertz CT molecular complexity index is 572. The van der Waals surface area contributed by atoms with Crippen LogP contribution < -0.4 is 4.74 Å². The Morgan fingerprint density at radius 2 is 1.94 bits per heavy atom. The third-order valence-corrected chi connectivity index (χ3v) is 3.25. The maximum Gasteiger partial charge on any atom is 0.324 e. The standard InChI is InChI=1S/C13H11NO3S/c1-10-2-4-11(5-3-10)17-9-8-12-6-7-13(18-12)14(15)16/h2-9H,1H3. The van der Waals surface area contributed by atoms with Gasteiger partial charge in [0.2, 0.25) is 0 Å². The molecule has 1 aromatic carbocycles. The summed E-state index contributed by atoms with van der Waals surface area (Å²) in [6.45, 7) is 2.00. The van der Waals surface area contributed by atoms with Gasteiger partial charge in [0.1, 0.15) is 5.75 Å². The van der Waals surface area contributed by atoms with Crippen molar-refractivity contribution in [2.75, 3.05) is 0 Å². The van der Waals surface area contributed by atoms with Crippen LogP contribution in [0.1, 0.15) is 10.4 Å². The number of thiophene rings is 1. The Kier molecular flexibility index (Phi) is 3.74. The first-order valence-electron chi connectivity index (χ1n) is 5.29. The first-order chi connectivity index (χ1) is 8.65. The summed E-state index contributed by atoms with van der Waals surface area (Å²) in [5.74, 6) is 0.739. The van der Waals surface area contributed by atoms with Crippen molar-refractivity contribution >= 4 is 22.4 Å². The van der Waals surface area contributed by atoms with E-state index in [9.17, 15) is 10.1 Å². The van der Waals surface area contributed by atoms with Crippen LogP contribution >= 0.6 is 11.3 Å². The van der Waals surface area contributed by atoms with Crippen LogP contribution in [-0.2, 0) is 0 Å². The molecule has 5 heteroatoms. The minimum Gasteiger partial charge on any atom is -0.465 e. The zero-order chi connectivity index (χ0) is 13.0. The van der Waals surface area contributed by atoms with Gasteiger partial charge in [-0.2, -0.15) is 0 Å². The molecule has 4 nitrogen and oxygen atoms in total. The monoisotopic (exact) mass is 261 g/mol. The molecule has 0 amide bonds. The second-order valence-electron chi connectivity index (χ2n) is 3.67. The summed E-state index contributed by atoms with van der Waals surface area (Å²) in [6, 6.07) is 10.8. The predicted molar refractivity (Wildman–Crippen MR) is 71.8 cm³/mol. The molecule has 0 bridgehead atoms. The fourth-order valence-electron chi connectivity index (χ4n) is 1.33. The Balaban J connectivity index is 1.98. The second kappa shape index (κ2) is 5.46. The first kappa shape index (κ1) is 12.3. The van der Waals surface area contributed by atoms with Crippen molar-refractivity contribution < 1.29 is 9.66 Å². The lowest BCUT2D eigenvalue weighted by Crippen LogP contribution is -1.81. The summed E-state index contributed by atoms with van der Waals surface area (Å²) in [6.07, 6.45) is 3.23. The molecule has 0 atom stereocenters. The normalized spacial score (nSPS) is 10.7. The van der Waals surface area contributed by atoms with Crippen LogP contribution in [0, 0.1) is 17.0 Å². The Morgan fingerprint density at radius 3 is 2.56 bits per heavy atom. The number of rotatable bonds is 4. The lowest BCUT2D eigenvalue weighted by molar-refractivity contribution is -0.380. The van der Waals surface area contributed by atoms with E-state index in [0.29, 0.717) is 0 Å². The molecular formula is C13H11NO3S. The molecule has 0 spiro atoms. The minimum atomic E-state index is -0.400. The van der Waals surface area contributed by atoms with Crippen LogP contribution in [0.5, 0.6) is 5.75 Å². The van der Waals surface area contributed by atoms with Crippen molar-refractivity contribution in [3.8, 4) is 5.75 Å². The van der Waals surface area contributed by atoms with Gasteiger partial charge in [0, 0.05) is 10.9 Å². The molecule has 0 radical (unpaired) electrons. The number of nitrogens with zero attached hydrogens (tertiary/aromatic N) is 1. The van der Waals surface area contributed by atoms with E-state index in [1.54, 1.807) is 12.1 Å². The summed E-state index contributed by atoms with van der Waals surface area (Å²) >= 11 is 1.11. The lowest BCUT2D eigenvalue weighted by atomic mass is 10.2. The van der Waals surface area contributed by atoms with Gasteiger partial charge in [0.05, 0.1) is 11.2 Å². The zero-order valence-corrected chi connectivity index (χ0v) is 10.5. The molecule has 0 saturated carbocycles. The molecule has 1 aromatic heterocycles. The van der Waals surface area contributed by atoms with E-state index in [4.69, 9.17) is 4.74 Å². The zero-order valence-electron chi connectivity index (χ0n) is 9.70. The third-order valence-electron chi connectivity index (χ3n) is 2.25. The van der Waals surface area contributed by atoms with Crippen LogP contribution in [0.3, 0.4) is 0 Å². The summed E-state index contributed by atoms with van der Waals surface area (Å²) in [5.41, 5.74) is 1.17. The molecule has 18 heavy (non-hydrogen) atoms. The molecule has 0 aliphatic rings. The van der Waals surface area contributed by atoms with Gasteiger partial charge in [0.25, 0.3) is 0 Å². The second-order valence-corrected chi connectivity index (χ2v) is 4.76. The van der Waals surface area contributed by atoms with Crippen LogP contribution in [0.15, 0.2) is 42.7 Å². The van der Waals surface area contributed by atoms with Crippen LogP contribution in [0.2, 0.25) is 0 Å². The summed E-state index contributed by atoms with van der Waals surface area (Å²) < 4.78 is 5.39. The highest BCUT2D eigenvalue weighted by Gasteiger charge is 2.07. The van der Waals surface area contributed by atoms with E-state index in [1.165, 1.54) is 17.9 Å². The molecular weight excluding hydrogens is 250 g/mol. The van der Waals surface area contributed by atoms with Gasteiger partial charge in [-0.25, -0.2) is 0 Å². The summed E-state index contributed by atoms with van der Waals surface area (Å²) in [7, 11) is 0. The fourth-order valence-corrected chi connectivity index (χ4v) is 2.04. The van der Waals surface area contributed by atoms with Crippen LogP contribution in [0.25, 0.3) is 6.08 Å².